The van der Waals surface area contributed by atoms with Crippen LogP contribution in [0.3, 0.4) is 0 Å². The van der Waals surface area contributed by atoms with E-state index in [1.54, 1.807) is 0 Å². The van der Waals surface area contributed by atoms with Crippen molar-refractivity contribution in [3.8, 4) is 0 Å². The molecule has 4 aromatic rings. The summed E-state index contributed by atoms with van der Waals surface area (Å²) in [4.78, 5) is 31.3. The summed E-state index contributed by atoms with van der Waals surface area (Å²) in [6.45, 7) is 5.25. The molecule has 6 heteroatoms. The molecule has 1 fully saturated rings. The fourth-order valence-corrected chi connectivity index (χ4v) is 5.15. The van der Waals surface area contributed by atoms with Gasteiger partial charge in [-0.25, -0.2) is 0 Å². The number of amides is 1. The molecule has 0 spiro atoms. The van der Waals surface area contributed by atoms with E-state index in [1.807, 2.05) is 43.3 Å². The van der Waals surface area contributed by atoms with E-state index in [-0.39, 0.29) is 17.9 Å². The summed E-state index contributed by atoms with van der Waals surface area (Å²) in [5.74, 6) is -0.401. The van der Waals surface area contributed by atoms with Gasteiger partial charge in [0.05, 0.1) is 18.2 Å². The van der Waals surface area contributed by atoms with Crippen molar-refractivity contribution in [1.82, 2.24) is 15.2 Å². The van der Waals surface area contributed by atoms with Crippen molar-refractivity contribution < 1.29 is 14.3 Å². The van der Waals surface area contributed by atoms with Crippen LogP contribution >= 0.6 is 0 Å². The van der Waals surface area contributed by atoms with E-state index in [1.165, 1.54) is 17.9 Å². The summed E-state index contributed by atoms with van der Waals surface area (Å²) < 4.78 is 5.10. The van der Waals surface area contributed by atoms with Gasteiger partial charge in [0.2, 0.25) is 0 Å². The highest BCUT2D eigenvalue weighted by molar-refractivity contribution is 6.06. The van der Waals surface area contributed by atoms with Gasteiger partial charge in [-0.05, 0) is 48.2 Å². The number of nitrogens with one attached hydrogen (secondary N) is 2. The van der Waals surface area contributed by atoms with Gasteiger partial charge in [0.15, 0.2) is 0 Å². The lowest BCUT2D eigenvalue weighted by molar-refractivity contribution is -0.146. The lowest BCUT2D eigenvalue weighted by atomic mass is 10.0. The van der Waals surface area contributed by atoms with Gasteiger partial charge in [0.25, 0.3) is 5.91 Å². The number of carbonyl (C=O) groups is 2. The number of carbonyl (C=O) groups excluding carboxylic acids is 2. The molecule has 3 aromatic carbocycles. The summed E-state index contributed by atoms with van der Waals surface area (Å²) in [7, 11) is 1.42. The summed E-state index contributed by atoms with van der Waals surface area (Å²) >= 11 is 0. The van der Waals surface area contributed by atoms with Crippen LogP contribution in [0, 0.1) is 13.8 Å². The van der Waals surface area contributed by atoms with E-state index >= 15 is 0 Å². The molecule has 174 valence electrons. The van der Waals surface area contributed by atoms with Crippen molar-refractivity contribution in [2.75, 3.05) is 13.7 Å². The second-order valence-corrected chi connectivity index (χ2v) is 9.12. The zero-order chi connectivity index (χ0) is 23.8. The Labute approximate surface area is 198 Å². The molecule has 1 aliphatic heterocycles. The van der Waals surface area contributed by atoms with Crippen molar-refractivity contribution in [1.29, 1.82) is 0 Å². The number of para-hydroxylation sites is 1. The lowest BCUT2D eigenvalue weighted by Crippen LogP contribution is -2.37. The summed E-state index contributed by atoms with van der Waals surface area (Å²) in [6.07, 6.45) is 0.516. The zero-order valence-corrected chi connectivity index (χ0v) is 19.7. The number of hydrogen-bond acceptors (Lipinski definition) is 4. The van der Waals surface area contributed by atoms with Crippen LogP contribution in [0.4, 0.5) is 0 Å². The normalized spacial score (nSPS) is 18.4. The number of benzene rings is 3. The van der Waals surface area contributed by atoms with Gasteiger partial charge in [-0.15, -0.1) is 0 Å². The van der Waals surface area contributed by atoms with E-state index in [9.17, 15) is 9.59 Å². The number of ether oxygens (including phenoxy) is 1. The first kappa shape index (κ1) is 22.2. The molecule has 6 nitrogen and oxygen atoms in total. The standard InChI is InChI=1S/C28H29N3O3/c1-17-18(2)29-26-22(17)12-7-13-24(26)27(32)30-21-14-25(28(33)34-3)31(16-21)15-20-10-6-9-19-8-4-5-11-23(19)20/h4-13,21,25,29H,14-16H2,1-3H3,(H,30,32)/t21-,25+/m1/s1. The number of methoxy groups -OCH3 is 1. The Bertz CT molecular complexity index is 1390. The second kappa shape index (κ2) is 8.95. The smallest absolute Gasteiger partial charge is 0.323 e. The number of nitrogens with zero attached hydrogens (tertiary/aromatic N) is 1. The van der Waals surface area contributed by atoms with Gasteiger partial charge in [0.1, 0.15) is 6.04 Å². The average molecular weight is 456 g/mol. The number of likely N-dealkylation sites (tertiary alicyclic amines) is 1. The predicted octanol–water partition coefficient (Wildman–Crippen LogP) is 4.48. The van der Waals surface area contributed by atoms with E-state index in [0.717, 1.165) is 27.7 Å². The number of fused-ring (bicyclic) bond motifs is 2. The highest BCUT2D eigenvalue weighted by Crippen LogP contribution is 2.27. The molecule has 2 heterocycles. The third-order valence-corrected chi connectivity index (χ3v) is 7.05. The van der Waals surface area contributed by atoms with Gasteiger partial charge in [-0.3, -0.25) is 14.5 Å². The van der Waals surface area contributed by atoms with Crippen molar-refractivity contribution >= 4 is 33.6 Å². The number of hydrogen-bond donors (Lipinski definition) is 2. The van der Waals surface area contributed by atoms with Crippen LogP contribution in [0.5, 0.6) is 0 Å². The monoisotopic (exact) mass is 455 g/mol. The van der Waals surface area contributed by atoms with Gasteiger partial charge in [0, 0.05) is 30.2 Å². The first-order valence-electron chi connectivity index (χ1n) is 11.6. The van der Waals surface area contributed by atoms with Crippen LogP contribution in [0.1, 0.15) is 33.6 Å². The maximum absolute atomic E-state index is 13.3. The zero-order valence-electron chi connectivity index (χ0n) is 19.7. The minimum absolute atomic E-state index is 0.132. The van der Waals surface area contributed by atoms with E-state index in [2.05, 4.69) is 46.4 Å². The Balaban J connectivity index is 1.38. The maximum Gasteiger partial charge on any atom is 0.323 e. The molecule has 0 saturated carbocycles. The van der Waals surface area contributed by atoms with Gasteiger partial charge in [-0.1, -0.05) is 54.6 Å². The fraction of sp³-hybridized carbons (Fsp3) is 0.286. The minimum atomic E-state index is -0.403. The Morgan fingerprint density at radius 3 is 2.59 bits per heavy atom. The molecule has 0 aliphatic carbocycles. The number of aryl methyl sites for hydroxylation is 2. The molecular weight excluding hydrogens is 426 g/mol. The number of aromatic nitrogens is 1. The van der Waals surface area contributed by atoms with Crippen LogP contribution in [0.25, 0.3) is 21.7 Å². The molecule has 2 N–H and O–H groups in total. The van der Waals surface area contributed by atoms with E-state index in [0.29, 0.717) is 25.1 Å². The first-order valence-corrected chi connectivity index (χ1v) is 11.6. The highest BCUT2D eigenvalue weighted by Gasteiger charge is 2.38. The van der Waals surface area contributed by atoms with Crippen LogP contribution < -0.4 is 5.32 Å². The number of aromatic amines is 1. The third-order valence-electron chi connectivity index (χ3n) is 7.05. The van der Waals surface area contributed by atoms with Crippen molar-refractivity contribution in [3.05, 3.63) is 83.0 Å². The summed E-state index contributed by atoms with van der Waals surface area (Å²) in [6, 6.07) is 19.7. The fourth-order valence-electron chi connectivity index (χ4n) is 5.15. The van der Waals surface area contributed by atoms with Gasteiger partial charge in [-0.2, -0.15) is 0 Å². The van der Waals surface area contributed by atoms with Crippen molar-refractivity contribution in [3.63, 3.8) is 0 Å². The Morgan fingerprint density at radius 1 is 1.03 bits per heavy atom. The highest BCUT2D eigenvalue weighted by atomic mass is 16.5. The van der Waals surface area contributed by atoms with Crippen LogP contribution in [0.15, 0.2) is 60.7 Å². The van der Waals surface area contributed by atoms with Crippen molar-refractivity contribution in [2.45, 2.75) is 38.9 Å². The topological polar surface area (TPSA) is 74.4 Å². The molecule has 34 heavy (non-hydrogen) atoms. The number of rotatable bonds is 5. The first-order chi connectivity index (χ1) is 16.5. The molecule has 0 bridgehead atoms. The summed E-state index contributed by atoms with van der Waals surface area (Å²) in [5.41, 5.74) is 4.84. The molecule has 1 amide bonds. The Kier molecular flexibility index (Phi) is 5.84. The molecule has 0 unspecified atom stereocenters. The molecule has 5 rings (SSSR count). The lowest BCUT2D eigenvalue weighted by Gasteiger charge is -2.23. The quantitative estimate of drug-likeness (QED) is 0.435. The van der Waals surface area contributed by atoms with Crippen LogP contribution in [0.2, 0.25) is 0 Å². The molecule has 1 saturated heterocycles. The molecular formula is C28H29N3O3. The summed E-state index contributed by atoms with van der Waals surface area (Å²) in [5, 5.41) is 6.57. The maximum atomic E-state index is 13.3. The van der Waals surface area contributed by atoms with Crippen molar-refractivity contribution in [2.24, 2.45) is 0 Å². The number of esters is 1. The molecule has 1 aliphatic rings. The largest absolute Gasteiger partial charge is 0.468 e. The van der Waals surface area contributed by atoms with Crippen LogP contribution in [-0.2, 0) is 16.1 Å². The SMILES string of the molecule is COC(=O)[C@@H]1C[C@@H](NC(=O)c2cccc3c(C)c(C)[nH]c23)CN1Cc1cccc2ccccc12. The molecule has 0 radical (unpaired) electrons. The van der Waals surface area contributed by atoms with E-state index in [4.69, 9.17) is 4.74 Å². The van der Waals surface area contributed by atoms with E-state index < -0.39 is 6.04 Å². The predicted molar refractivity (Wildman–Crippen MR) is 134 cm³/mol. The second-order valence-electron chi connectivity index (χ2n) is 9.12. The molecule has 1 aromatic heterocycles. The average Bonchev–Trinajstić information content (AvgIpc) is 3.38. The Morgan fingerprint density at radius 2 is 1.76 bits per heavy atom. The third kappa shape index (κ3) is 3.94. The van der Waals surface area contributed by atoms with Gasteiger partial charge >= 0.3 is 5.97 Å². The molecule has 2 atom stereocenters. The van der Waals surface area contributed by atoms with Gasteiger partial charge < -0.3 is 15.0 Å². The Hall–Kier alpha value is -3.64. The minimum Gasteiger partial charge on any atom is -0.468 e. The number of H-pyrrole nitrogens is 1. The van der Waals surface area contributed by atoms with Crippen LogP contribution in [-0.4, -0.2) is 47.5 Å².